The molecular formula is C18H23N3O2. The number of nitrogens with zero attached hydrogens (tertiary/aromatic N) is 2. The highest BCUT2D eigenvalue weighted by molar-refractivity contribution is 5.91. The van der Waals surface area contributed by atoms with Crippen molar-refractivity contribution in [3.8, 4) is 5.75 Å². The summed E-state index contributed by atoms with van der Waals surface area (Å²) in [4.78, 5) is 21.1. The highest BCUT2D eigenvalue weighted by atomic mass is 16.5. The fraction of sp³-hybridized carbons (Fsp3) is 0.444. The molecule has 2 heterocycles. The number of imidazole rings is 1. The normalized spacial score (nSPS) is 16.5. The number of rotatable bonds is 5. The molecule has 0 radical (unpaired) electrons. The van der Waals surface area contributed by atoms with Crippen LogP contribution < -0.4 is 9.64 Å². The second-order valence-corrected chi connectivity index (χ2v) is 5.99. The lowest BCUT2D eigenvalue weighted by Crippen LogP contribution is -2.29. The van der Waals surface area contributed by atoms with Crippen molar-refractivity contribution in [2.45, 2.75) is 39.0 Å². The monoisotopic (exact) mass is 313 g/mol. The molecule has 0 saturated carbocycles. The minimum Gasteiger partial charge on any atom is -0.493 e. The van der Waals surface area contributed by atoms with E-state index in [1.165, 1.54) is 5.56 Å². The fourth-order valence-electron chi connectivity index (χ4n) is 3.18. The molecule has 0 aliphatic carbocycles. The molecule has 1 amide bonds. The molecule has 1 N–H and O–H groups in total. The number of carbonyl (C=O) groups is 1. The summed E-state index contributed by atoms with van der Waals surface area (Å²) < 4.78 is 5.80. The van der Waals surface area contributed by atoms with Crippen LogP contribution in [0.5, 0.6) is 5.75 Å². The van der Waals surface area contributed by atoms with Crippen molar-refractivity contribution >= 4 is 11.6 Å². The van der Waals surface area contributed by atoms with Crippen LogP contribution in [0.4, 0.5) is 5.69 Å². The van der Waals surface area contributed by atoms with E-state index in [-0.39, 0.29) is 5.91 Å². The van der Waals surface area contributed by atoms with E-state index in [2.05, 4.69) is 23.0 Å². The smallest absolute Gasteiger partial charge is 0.223 e. The Balaban J connectivity index is 1.90. The van der Waals surface area contributed by atoms with Crippen LogP contribution in [0.2, 0.25) is 0 Å². The molecule has 0 fully saturated rings. The van der Waals surface area contributed by atoms with Crippen LogP contribution in [0, 0.1) is 0 Å². The maximum atomic E-state index is 11.9. The van der Waals surface area contributed by atoms with E-state index in [0.717, 1.165) is 49.5 Å². The van der Waals surface area contributed by atoms with Crippen molar-refractivity contribution in [2.24, 2.45) is 0 Å². The number of H-pyrrole nitrogens is 1. The van der Waals surface area contributed by atoms with Gasteiger partial charge in [0.2, 0.25) is 5.91 Å². The molecule has 1 atom stereocenters. The zero-order chi connectivity index (χ0) is 16.2. The maximum Gasteiger partial charge on any atom is 0.223 e. The van der Waals surface area contributed by atoms with Gasteiger partial charge in [0.1, 0.15) is 5.75 Å². The molecule has 0 spiro atoms. The average Bonchev–Trinajstić information content (AvgIpc) is 3.05. The summed E-state index contributed by atoms with van der Waals surface area (Å²) in [5.74, 6) is 1.38. The molecule has 2 aromatic rings. The van der Waals surface area contributed by atoms with E-state index in [4.69, 9.17) is 4.74 Å². The highest BCUT2D eigenvalue weighted by Gasteiger charge is 2.24. The van der Waals surface area contributed by atoms with E-state index >= 15 is 0 Å². The van der Waals surface area contributed by atoms with Crippen molar-refractivity contribution in [3.05, 3.63) is 42.0 Å². The Kier molecular flexibility index (Phi) is 4.65. The van der Waals surface area contributed by atoms with Crippen LogP contribution in [-0.4, -0.2) is 29.0 Å². The predicted octanol–water partition coefficient (Wildman–Crippen LogP) is 3.28. The molecule has 122 valence electrons. The Hall–Kier alpha value is -2.30. The first-order chi connectivity index (χ1) is 11.2. The molecule has 3 rings (SSSR count). The van der Waals surface area contributed by atoms with Crippen LogP contribution in [0.3, 0.4) is 0 Å². The highest BCUT2D eigenvalue weighted by Crippen LogP contribution is 2.38. The number of aromatic amines is 1. The van der Waals surface area contributed by atoms with Gasteiger partial charge in [-0.05, 0) is 48.9 Å². The van der Waals surface area contributed by atoms with Gasteiger partial charge < -0.3 is 14.6 Å². The number of benzene rings is 1. The van der Waals surface area contributed by atoms with Crippen LogP contribution >= 0.6 is 0 Å². The molecule has 0 saturated heterocycles. The summed E-state index contributed by atoms with van der Waals surface area (Å²) in [5.41, 5.74) is 3.19. The van der Waals surface area contributed by atoms with E-state index in [9.17, 15) is 4.79 Å². The minimum absolute atomic E-state index is 0.0763. The molecule has 1 aromatic heterocycles. The van der Waals surface area contributed by atoms with E-state index in [1.807, 2.05) is 23.2 Å². The number of nitrogens with one attached hydrogen (secondary N) is 1. The predicted molar refractivity (Wildman–Crippen MR) is 89.9 cm³/mol. The zero-order valence-corrected chi connectivity index (χ0v) is 13.7. The average molecular weight is 313 g/mol. The maximum absolute atomic E-state index is 11.9. The number of anilines is 1. The van der Waals surface area contributed by atoms with Crippen molar-refractivity contribution in [2.75, 3.05) is 18.1 Å². The first kappa shape index (κ1) is 15.6. The lowest BCUT2D eigenvalue weighted by molar-refractivity contribution is -0.116. The van der Waals surface area contributed by atoms with Crippen molar-refractivity contribution in [1.82, 2.24) is 9.97 Å². The molecule has 1 unspecified atom stereocenters. The van der Waals surface area contributed by atoms with Crippen LogP contribution in [0.25, 0.3) is 0 Å². The number of hydrogen-bond donors (Lipinski definition) is 1. The topological polar surface area (TPSA) is 58.2 Å². The Morgan fingerprint density at radius 3 is 3.04 bits per heavy atom. The number of amides is 1. The molecular weight excluding hydrogens is 290 g/mol. The summed E-state index contributed by atoms with van der Waals surface area (Å²) >= 11 is 0. The number of aromatic nitrogens is 2. The van der Waals surface area contributed by atoms with E-state index in [1.54, 1.807) is 13.3 Å². The first-order valence-corrected chi connectivity index (χ1v) is 8.21. The minimum atomic E-state index is 0.0763. The molecule has 1 aliphatic rings. The largest absolute Gasteiger partial charge is 0.493 e. The first-order valence-electron chi connectivity index (χ1n) is 8.21. The molecule has 0 bridgehead atoms. The molecule has 1 aliphatic heterocycles. The van der Waals surface area contributed by atoms with Gasteiger partial charge >= 0.3 is 0 Å². The third kappa shape index (κ3) is 3.38. The second-order valence-electron chi connectivity index (χ2n) is 5.99. The van der Waals surface area contributed by atoms with Gasteiger partial charge in [-0.2, -0.15) is 0 Å². The van der Waals surface area contributed by atoms with Crippen LogP contribution in [0.1, 0.15) is 43.9 Å². The number of carbonyl (C=O) groups excluding carboxylic acids is 1. The lowest BCUT2D eigenvalue weighted by Gasteiger charge is -2.28. The van der Waals surface area contributed by atoms with E-state index in [0.29, 0.717) is 5.92 Å². The van der Waals surface area contributed by atoms with Gasteiger partial charge in [0.25, 0.3) is 0 Å². The van der Waals surface area contributed by atoms with Crippen molar-refractivity contribution in [1.29, 1.82) is 0 Å². The third-order valence-corrected chi connectivity index (χ3v) is 4.31. The summed E-state index contributed by atoms with van der Waals surface area (Å²) in [6.07, 6.45) is 6.45. The summed E-state index contributed by atoms with van der Waals surface area (Å²) in [6, 6.07) is 6.09. The zero-order valence-electron chi connectivity index (χ0n) is 13.7. The van der Waals surface area contributed by atoms with Gasteiger partial charge in [-0.1, -0.05) is 6.92 Å². The standard InChI is InChI=1S/C18H23N3O2/c1-3-7-21(13(2)22)16-4-5-18-17(10-16)14(6-8-23-18)9-15-11-19-12-20-15/h4-5,10-12,14H,3,6-9H2,1-2H3,(H,19,20). The van der Waals surface area contributed by atoms with Gasteiger partial charge in [-0.3, -0.25) is 4.79 Å². The number of fused-ring (bicyclic) bond motifs is 1. The SMILES string of the molecule is CCCN(C(C)=O)c1ccc2c(c1)C(Cc1c[nH]cn1)CCO2. The number of ether oxygens (including phenoxy) is 1. The molecule has 5 nitrogen and oxygen atoms in total. The van der Waals surface area contributed by atoms with Crippen LogP contribution in [-0.2, 0) is 11.2 Å². The van der Waals surface area contributed by atoms with Gasteiger partial charge in [-0.25, -0.2) is 4.98 Å². The summed E-state index contributed by atoms with van der Waals surface area (Å²) in [7, 11) is 0. The van der Waals surface area contributed by atoms with Crippen molar-refractivity contribution < 1.29 is 9.53 Å². The molecule has 23 heavy (non-hydrogen) atoms. The van der Waals surface area contributed by atoms with Gasteiger partial charge in [0.05, 0.1) is 18.6 Å². The molecule has 1 aromatic carbocycles. The summed E-state index contributed by atoms with van der Waals surface area (Å²) in [6.45, 7) is 5.16. The van der Waals surface area contributed by atoms with Gasteiger partial charge in [0.15, 0.2) is 0 Å². The Morgan fingerprint density at radius 2 is 2.35 bits per heavy atom. The second kappa shape index (κ2) is 6.86. The Bertz CT molecular complexity index is 667. The van der Waals surface area contributed by atoms with Gasteiger partial charge in [0, 0.05) is 25.4 Å². The molecule has 5 heteroatoms. The third-order valence-electron chi connectivity index (χ3n) is 4.31. The lowest BCUT2D eigenvalue weighted by atomic mass is 9.89. The van der Waals surface area contributed by atoms with Crippen molar-refractivity contribution in [3.63, 3.8) is 0 Å². The Morgan fingerprint density at radius 1 is 1.48 bits per heavy atom. The van der Waals surface area contributed by atoms with E-state index < -0.39 is 0 Å². The van der Waals surface area contributed by atoms with Crippen LogP contribution in [0.15, 0.2) is 30.7 Å². The van der Waals surface area contributed by atoms with Gasteiger partial charge in [-0.15, -0.1) is 0 Å². The Labute approximate surface area is 136 Å². The summed E-state index contributed by atoms with van der Waals surface area (Å²) in [5, 5.41) is 0. The number of hydrogen-bond acceptors (Lipinski definition) is 3. The quantitative estimate of drug-likeness (QED) is 0.921. The fourth-order valence-corrected chi connectivity index (χ4v) is 3.18.